The van der Waals surface area contributed by atoms with Crippen LogP contribution in [0.1, 0.15) is 68.1 Å². The van der Waals surface area contributed by atoms with Crippen molar-refractivity contribution >= 4 is 0 Å². The van der Waals surface area contributed by atoms with E-state index in [0.717, 1.165) is 88.9 Å². The second kappa shape index (κ2) is 15.7. The lowest BCUT2D eigenvalue weighted by Crippen LogP contribution is -2.00. The predicted molar refractivity (Wildman–Crippen MR) is 127 cm³/mol. The third-order valence-electron chi connectivity index (χ3n) is 5.50. The first kappa shape index (κ1) is 25.2. The molecule has 0 amide bonds. The van der Waals surface area contributed by atoms with Gasteiger partial charge in [-0.3, -0.25) is 0 Å². The van der Waals surface area contributed by atoms with E-state index in [9.17, 15) is 0 Å². The monoisotopic (exact) mass is 428 g/mol. The number of aryl methyl sites for hydroxylation is 3. The molecular weight excluding hydrogens is 388 g/mol. The molecule has 0 saturated heterocycles. The van der Waals surface area contributed by atoms with Crippen LogP contribution in [0, 0.1) is 6.92 Å². The van der Waals surface area contributed by atoms with Gasteiger partial charge < -0.3 is 19.7 Å². The molecular formula is C27H40O4. The van der Waals surface area contributed by atoms with Crippen molar-refractivity contribution in [1.29, 1.82) is 0 Å². The van der Waals surface area contributed by atoms with Gasteiger partial charge in [0, 0.05) is 13.2 Å². The number of aliphatic hydroxyl groups excluding tert-OH is 2. The van der Waals surface area contributed by atoms with E-state index in [1.165, 1.54) is 16.7 Å². The molecule has 4 heteroatoms. The minimum atomic E-state index is 0.284. The number of rotatable bonds is 17. The SMILES string of the molecule is Cc1cc(CCc2ccc(OCCCCCCO)cc2)ccc1OCCCCCCO. The highest BCUT2D eigenvalue weighted by molar-refractivity contribution is 5.37. The van der Waals surface area contributed by atoms with Gasteiger partial charge in [0.1, 0.15) is 11.5 Å². The number of benzene rings is 2. The number of hydrogen-bond donors (Lipinski definition) is 2. The summed E-state index contributed by atoms with van der Waals surface area (Å²) in [4.78, 5) is 0. The van der Waals surface area contributed by atoms with Crippen LogP contribution in [-0.4, -0.2) is 36.6 Å². The zero-order valence-electron chi connectivity index (χ0n) is 19.2. The minimum absolute atomic E-state index is 0.284. The number of hydrogen-bond acceptors (Lipinski definition) is 4. The average molecular weight is 429 g/mol. The molecule has 0 bridgehead atoms. The van der Waals surface area contributed by atoms with E-state index < -0.39 is 0 Å². The minimum Gasteiger partial charge on any atom is -0.494 e. The number of aliphatic hydroxyl groups is 2. The lowest BCUT2D eigenvalue weighted by molar-refractivity contribution is 0.273. The number of ether oxygens (including phenoxy) is 2. The zero-order chi connectivity index (χ0) is 22.2. The lowest BCUT2D eigenvalue weighted by atomic mass is 10.0. The smallest absolute Gasteiger partial charge is 0.122 e. The van der Waals surface area contributed by atoms with Gasteiger partial charge in [-0.25, -0.2) is 0 Å². The molecule has 2 aromatic rings. The van der Waals surface area contributed by atoms with Gasteiger partial charge in [-0.15, -0.1) is 0 Å². The van der Waals surface area contributed by atoms with Crippen LogP contribution in [0.25, 0.3) is 0 Å². The Balaban J connectivity index is 1.68. The molecule has 0 fully saturated rings. The maximum absolute atomic E-state index is 8.81. The van der Waals surface area contributed by atoms with Crippen molar-refractivity contribution in [3.63, 3.8) is 0 Å². The van der Waals surface area contributed by atoms with E-state index in [4.69, 9.17) is 19.7 Å². The maximum Gasteiger partial charge on any atom is 0.122 e. The van der Waals surface area contributed by atoms with Crippen molar-refractivity contribution in [3.05, 3.63) is 59.2 Å². The van der Waals surface area contributed by atoms with Crippen molar-refractivity contribution in [3.8, 4) is 11.5 Å². The van der Waals surface area contributed by atoms with Crippen molar-refractivity contribution < 1.29 is 19.7 Å². The first-order chi connectivity index (χ1) is 15.2. The van der Waals surface area contributed by atoms with Crippen LogP contribution in [0.2, 0.25) is 0 Å². The lowest BCUT2D eigenvalue weighted by Gasteiger charge is -2.11. The van der Waals surface area contributed by atoms with E-state index in [1.54, 1.807) is 0 Å². The van der Waals surface area contributed by atoms with E-state index in [0.29, 0.717) is 0 Å². The molecule has 0 saturated carbocycles. The van der Waals surface area contributed by atoms with E-state index in [1.807, 2.05) is 0 Å². The van der Waals surface area contributed by atoms with Crippen LogP contribution >= 0.6 is 0 Å². The molecule has 0 aliphatic heterocycles. The summed E-state index contributed by atoms with van der Waals surface area (Å²) < 4.78 is 11.7. The zero-order valence-corrected chi connectivity index (χ0v) is 19.2. The van der Waals surface area contributed by atoms with Crippen LogP contribution in [0.4, 0.5) is 0 Å². The van der Waals surface area contributed by atoms with Gasteiger partial charge in [0.2, 0.25) is 0 Å². The Bertz CT molecular complexity index is 712. The summed E-state index contributed by atoms with van der Waals surface area (Å²) in [5, 5.41) is 17.6. The second-order valence-corrected chi connectivity index (χ2v) is 8.22. The summed E-state index contributed by atoms with van der Waals surface area (Å²) in [5.41, 5.74) is 3.84. The molecule has 0 spiro atoms. The Morgan fingerprint density at radius 1 is 0.613 bits per heavy atom. The maximum atomic E-state index is 8.81. The highest BCUT2D eigenvalue weighted by atomic mass is 16.5. The molecule has 31 heavy (non-hydrogen) atoms. The van der Waals surface area contributed by atoms with E-state index >= 15 is 0 Å². The Morgan fingerprint density at radius 2 is 1.16 bits per heavy atom. The van der Waals surface area contributed by atoms with Crippen LogP contribution in [0.5, 0.6) is 11.5 Å². The highest BCUT2D eigenvalue weighted by Gasteiger charge is 2.03. The Hall–Kier alpha value is -2.04. The van der Waals surface area contributed by atoms with Crippen molar-refractivity contribution in [2.24, 2.45) is 0 Å². The molecule has 0 aromatic heterocycles. The predicted octanol–water partition coefficient (Wildman–Crippen LogP) is 5.64. The normalized spacial score (nSPS) is 10.9. The Kier molecular flexibility index (Phi) is 12.8. The van der Waals surface area contributed by atoms with Gasteiger partial charge in [0.05, 0.1) is 13.2 Å². The average Bonchev–Trinajstić information content (AvgIpc) is 2.79. The molecule has 0 aliphatic carbocycles. The Morgan fingerprint density at radius 3 is 1.77 bits per heavy atom. The summed E-state index contributed by atoms with van der Waals surface area (Å²) in [7, 11) is 0. The molecule has 0 atom stereocenters. The fourth-order valence-electron chi connectivity index (χ4n) is 3.58. The molecule has 0 unspecified atom stereocenters. The summed E-state index contributed by atoms with van der Waals surface area (Å²) in [6.45, 7) is 4.16. The first-order valence-corrected chi connectivity index (χ1v) is 11.9. The van der Waals surface area contributed by atoms with Crippen molar-refractivity contribution in [2.45, 2.75) is 71.1 Å². The van der Waals surface area contributed by atoms with Crippen LogP contribution < -0.4 is 9.47 Å². The third kappa shape index (κ3) is 10.7. The van der Waals surface area contributed by atoms with Crippen molar-refractivity contribution in [2.75, 3.05) is 26.4 Å². The summed E-state index contributed by atoms with van der Waals surface area (Å²) >= 11 is 0. The molecule has 172 valence electrons. The standard InChI is InChI=1S/C27H40O4/c1-23-22-25(14-17-27(23)31-21-9-5-3-7-19-29)11-10-24-12-15-26(16-13-24)30-20-8-4-2-6-18-28/h12-17,22,28-29H,2-11,18-21H2,1H3. The quantitative estimate of drug-likeness (QED) is 0.320. The molecule has 2 N–H and O–H groups in total. The molecule has 2 rings (SSSR count). The molecule has 2 aromatic carbocycles. The van der Waals surface area contributed by atoms with E-state index in [2.05, 4.69) is 49.4 Å². The summed E-state index contributed by atoms with van der Waals surface area (Å²) in [6, 6.07) is 14.9. The molecule has 0 aliphatic rings. The summed E-state index contributed by atoms with van der Waals surface area (Å²) in [6.07, 6.45) is 10.2. The van der Waals surface area contributed by atoms with Gasteiger partial charge in [-0.2, -0.15) is 0 Å². The topological polar surface area (TPSA) is 58.9 Å². The van der Waals surface area contributed by atoms with Gasteiger partial charge in [0.15, 0.2) is 0 Å². The summed E-state index contributed by atoms with van der Waals surface area (Å²) in [5.74, 6) is 1.91. The third-order valence-corrected chi connectivity index (χ3v) is 5.50. The van der Waals surface area contributed by atoms with Crippen LogP contribution in [-0.2, 0) is 12.8 Å². The Labute approximate surface area is 188 Å². The van der Waals surface area contributed by atoms with Gasteiger partial charge in [-0.1, -0.05) is 37.1 Å². The van der Waals surface area contributed by atoms with Gasteiger partial charge in [-0.05, 0) is 93.2 Å². The van der Waals surface area contributed by atoms with Gasteiger partial charge in [0.25, 0.3) is 0 Å². The first-order valence-electron chi connectivity index (χ1n) is 11.9. The van der Waals surface area contributed by atoms with E-state index in [-0.39, 0.29) is 13.2 Å². The van der Waals surface area contributed by atoms with Crippen LogP contribution in [0.3, 0.4) is 0 Å². The fraction of sp³-hybridized carbons (Fsp3) is 0.556. The molecule has 0 radical (unpaired) electrons. The molecule has 0 heterocycles. The van der Waals surface area contributed by atoms with Crippen molar-refractivity contribution in [1.82, 2.24) is 0 Å². The second-order valence-electron chi connectivity index (χ2n) is 8.22. The number of unbranched alkanes of at least 4 members (excludes halogenated alkanes) is 6. The van der Waals surface area contributed by atoms with Crippen LogP contribution in [0.15, 0.2) is 42.5 Å². The largest absolute Gasteiger partial charge is 0.494 e. The van der Waals surface area contributed by atoms with Gasteiger partial charge >= 0.3 is 0 Å². The highest BCUT2D eigenvalue weighted by Crippen LogP contribution is 2.21. The fourth-order valence-corrected chi connectivity index (χ4v) is 3.58. The molecule has 4 nitrogen and oxygen atoms in total.